The summed E-state index contributed by atoms with van der Waals surface area (Å²) < 4.78 is 62.0. The lowest BCUT2D eigenvalue weighted by Crippen LogP contribution is -2.38. The van der Waals surface area contributed by atoms with Gasteiger partial charge in [-0.3, -0.25) is 0 Å². The van der Waals surface area contributed by atoms with Crippen LogP contribution in [0.3, 0.4) is 0 Å². The van der Waals surface area contributed by atoms with Gasteiger partial charge in [0.25, 0.3) is 0 Å². The summed E-state index contributed by atoms with van der Waals surface area (Å²) in [4.78, 5) is 0. The van der Waals surface area contributed by atoms with Gasteiger partial charge in [-0.1, -0.05) is 6.07 Å². The Morgan fingerprint density at radius 2 is 1.78 bits per heavy atom. The molecule has 1 aromatic carbocycles. The molecule has 0 aliphatic carbocycles. The van der Waals surface area contributed by atoms with Crippen molar-refractivity contribution in [3.63, 3.8) is 0 Å². The first-order valence-electron chi connectivity index (χ1n) is 4.67. The topological polar surface area (TPSA) is 46.2 Å². The Bertz CT molecular complexity index is 398. The normalized spacial score (nSPS) is 14.8. The lowest BCUT2D eigenvalue weighted by Gasteiger charge is -2.19. The third kappa shape index (κ3) is 4.40. The van der Waals surface area contributed by atoms with Crippen LogP contribution in [0.2, 0.25) is 0 Å². The van der Waals surface area contributed by atoms with Gasteiger partial charge in [0.05, 0.1) is 6.10 Å². The fraction of sp³-hybridized carbons (Fsp3) is 0.400. The predicted molar refractivity (Wildman–Crippen MR) is 57.2 cm³/mol. The maximum atomic E-state index is 13.1. The molecule has 3 N–H and O–H groups in total. The summed E-state index contributed by atoms with van der Waals surface area (Å²) in [6.45, 7) is 0. The highest BCUT2D eigenvalue weighted by molar-refractivity contribution is 5.85. The van der Waals surface area contributed by atoms with E-state index in [0.29, 0.717) is 6.07 Å². The molecule has 0 radical (unpaired) electrons. The summed E-state index contributed by atoms with van der Waals surface area (Å²) in [6.07, 6.45) is -7.28. The minimum absolute atomic E-state index is 0. The van der Waals surface area contributed by atoms with Crippen molar-refractivity contribution in [2.24, 2.45) is 5.73 Å². The average Bonchev–Trinajstić information content (AvgIpc) is 2.15. The molecule has 18 heavy (non-hydrogen) atoms. The van der Waals surface area contributed by atoms with Crippen molar-refractivity contribution >= 4 is 12.4 Å². The molecule has 0 heterocycles. The molecule has 0 aromatic heterocycles. The van der Waals surface area contributed by atoms with E-state index in [-0.39, 0.29) is 12.4 Å². The Labute approximate surface area is 106 Å². The van der Waals surface area contributed by atoms with Crippen LogP contribution in [0.15, 0.2) is 18.2 Å². The van der Waals surface area contributed by atoms with Gasteiger partial charge in [0.15, 0.2) is 0 Å². The Balaban J connectivity index is 0.00000289. The molecule has 1 rings (SSSR count). The van der Waals surface area contributed by atoms with Crippen molar-refractivity contribution in [3.8, 4) is 0 Å². The van der Waals surface area contributed by atoms with Gasteiger partial charge in [-0.05, 0) is 6.07 Å². The van der Waals surface area contributed by atoms with Crippen LogP contribution in [0.5, 0.6) is 0 Å². The summed E-state index contributed by atoms with van der Waals surface area (Å²) in [5.41, 5.74) is 4.38. The maximum Gasteiger partial charge on any atom is 0.403 e. The smallest absolute Gasteiger partial charge is 0.388 e. The van der Waals surface area contributed by atoms with Gasteiger partial charge in [0.2, 0.25) is 0 Å². The fourth-order valence-corrected chi connectivity index (χ4v) is 1.27. The molecule has 8 heteroatoms. The van der Waals surface area contributed by atoms with Crippen LogP contribution in [0.1, 0.15) is 18.1 Å². The van der Waals surface area contributed by atoms with E-state index in [2.05, 4.69) is 0 Å². The van der Waals surface area contributed by atoms with Crippen LogP contribution in [0.25, 0.3) is 0 Å². The largest absolute Gasteiger partial charge is 0.403 e. The van der Waals surface area contributed by atoms with E-state index in [9.17, 15) is 27.1 Å². The molecule has 0 fully saturated rings. The fourth-order valence-electron chi connectivity index (χ4n) is 1.27. The minimum Gasteiger partial charge on any atom is -0.388 e. The number of benzene rings is 1. The van der Waals surface area contributed by atoms with E-state index < -0.39 is 41.9 Å². The van der Waals surface area contributed by atoms with E-state index >= 15 is 0 Å². The minimum atomic E-state index is -4.67. The lowest BCUT2D eigenvalue weighted by atomic mass is 10.0. The second-order valence-corrected chi connectivity index (χ2v) is 3.57. The third-order valence-electron chi connectivity index (χ3n) is 2.22. The molecule has 2 nitrogen and oxygen atoms in total. The second kappa shape index (κ2) is 6.31. The molecule has 0 amide bonds. The Morgan fingerprint density at radius 3 is 2.22 bits per heavy atom. The highest BCUT2D eigenvalue weighted by atomic mass is 35.5. The van der Waals surface area contributed by atoms with Crippen LogP contribution in [0.4, 0.5) is 22.0 Å². The van der Waals surface area contributed by atoms with Crippen LogP contribution in [-0.2, 0) is 0 Å². The molecule has 0 saturated heterocycles. The summed E-state index contributed by atoms with van der Waals surface area (Å²) in [7, 11) is 0. The number of aliphatic hydroxyl groups is 1. The summed E-state index contributed by atoms with van der Waals surface area (Å²) >= 11 is 0. The standard InChI is InChI=1S/C10H10F5NO.ClH/c11-5-1-2-6(7(12)3-5)8(17)4-9(16)10(13,14)15;/h1-3,8-9,17H,4,16H2;1H/t8-,9-;/m1./s1. The molecular weight excluding hydrogens is 281 g/mol. The Hall–Kier alpha value is -0.920. The van der Waals surface area contributed by atoms with E-state index in [0.717, 1.165) is 12.1 Å². The predicted octanol–water partition coefficient (Wildman–Crippen LogP) is 2.70. The van der Waals surface area contributed by atoms with Gasteiger partial charge < -0.3 is 10.8 Å². The van der Waals surface area contributed by atoms with Gasteiger partial charge in [-0.25, -0.2) is 8.78 Å². The zero-order valence-corrected chi connectivity index (χ0v) is 9.73. The summed E-state index contributed by atoms with van der Waals surface area (Å²) in [5, 5.41) is 9.38. The van der Waals surface area contributed by atoms with Crippen molar-refractivity contribution in [2.75, 3.05) is 0 Å². The second-order valence-electron chi connectivity index (χ2n) is 3.57. The molecule has 0 unspecified atom stereocenters. The zero-order chi connectivity index (χ0) is 13.2. The van der Waals surface area contributed by atoms with Gasteiger partial charge in [0, 0.05) is 18.1 Å². The molecule has 0 bridgehead atoms. The van der Waals surface area contributed by atoms with Gasteiger partial charge in [0.1, 0.15) is 17.7 Å². The SMILES string of the molecule is Cl.N[C@H](C[C@@H](O)c1ccc(F)cc1F)C(F)(F)F. The van der Waals surface area contributed by atoms with Gasteiger partial charge in [-0.2, -0.15) is 13.2 Å². The first kappa shape index (κ1) is 17.1. The molecule has 0 aliphatic rings. The van der Waals surface area contributed by atoms with Gasteiger partial charge in [-0.15, -0.1) is 12.4 Å². The van der Waals surface area contributed by atoms with Crippen LogP contribution in [-0.4, -0.2) is 17.3 Å². The zero-order valence-electron chi connectivity index (χ0n) is 8.92. The number of nitrogens with two attached hydrogens (primary N) is 1. The summed E-state index contributed by atoms with van der Waals surface area (Å²) in [6, 6.07) is -0.0430. The van der Waals surface area contributed by atoms with Crippen molar-refractivity contribution in [3.05, 3.63) is 35.4 Å². The number of aliphatic hydroxyl groups excluding tert-OH is 1. The van der Waals surface area contributed by atoms with Crippen LogP contribution in [0, 0.1) is 11.6 Å². The van der Waals surface area contributed by atoms with E-state index in [1.54, 1.807) is 0 Å². The molecule has 2 atom stereocenters. The van der Waals surface area contributed by atoms with Gasteiger partial charge >= 0.3 is 6.18 Å². The first-order chi connectivity index (χ1) is 7.71. The molecule has 0 saturated carbocycles. The van der Waals surface area contributed by atoms with E-state index in [1.807, 2.05) is 0 Å². The van der Waals surface area contributed by atoms with Crippen molar-refractivity contribution in [1.82, 2.24) is 0 Å². The number of halogens is 6. The lowest BCUT2D eigenvalue weighted by molar-refractivity contribution is -0.154. The molecule has 0 spiro atoms. The van der Waals surface area contributed by atoms with Crippen LogP contribution >= 0.6 is 12.4 Å². The van der Waals surface area contributed by atoms with Crippen molar-refractivity contribution in [1.29, 1.82) is 0 Å². The molecule has 0 aliphatic heterocycles. The monoisotopic (exact) mass is 291 g/mol. The maximum absolute atomic E-state index is 13.1. The van der Waals surface area contributed by atoms with Crippen molar-refractivity contribution in [2.45, 2.75) is 24.7 Å². The van der Waals surface area contributed by atoms with E-state index in [1.165, 1.54) is 0 Å². The Morgan fingerprint density at radius 1 is 1.22 bits per heavy atom. The highest BCUT2D eigenvalue weighted by Crippen LogP contribution is 2.28. The first-order valence-corrected chi connectivity index (χ1v) is 4.67. The van der Waals surface area contributed by atoms with E-state index in [4.69, 9.17) is 5.73 Å². The number of rotatable bonds is 3. The molecule has 1 aromatic rings. The number of hydrogen-bond acceptors (Lipinski definition) is 2. The average molecular weight is 292 g/mol. The third-order valence-corrected chi connectivity index (χ3v) is 2.22. The number of hydrogen-bond donors (Lipinski definition) is 2. The quantitative estimate of drug-likeness (QED) is 0.841. The number of alkyl halides is 3. The molecular formula is C10H11ClF5NO. The molecule has 104 valence electrons. The van der Waals surface area contributed by atoms with Crippen molar-refractivity contribution < 1.29 is 27.1 Å². The highest BCUT2D eigenvalue weighted by Gasteiger charge is 2.38. The Kier molecular flexibility index (Phi) is 5.98. The summed E-state index contributed by atoms with van der Waals surface area (Å²) in [5.74, 6) is -1.98. The van der Waals surface area contributed by atoms with Crippen LogP contribution < -0.4 is 5.73 Å².